The lowest BCUT2D eigenvalue weighted by Crippen LogP contribution is -2.14. The number of aliphatic imine (C=N–C) groups is 1. The van der Waals surface area contributed by atoms with Crippen molar-refractivity contribution in [2.45, 2.75) is 18.9 Å². The van der Waals surface area contributed by atoms with Crippen LogP contribution in [-0.2, 0) is 9.84 Å². The zero-order chi connectivity index (χ0) is 13.9. The first-order chi connectivity index (χ1) is 8.25. The molecule has 0 aliphatic heterocycles. The standard InChI is InChI=1S/C11H16BrN3O2S/c1-5-15(3)7-13-10-6-9(12)11(14-8(10)2)18(4,16)17/h6-7H,5H2,1-4H3/b13-7+. The van der Waals surface area contributed by atoms with Crippen molar-refractivity contribution in [1.82, 2.24) is 9.88 Å². The highest BCUT2D eigenvalue weighted by molar-refractivity contribution is 9.10. The molecule has 7 heteroatoms. The van der Waals surface area contributed by atoms with E-state index in [2.05, 4.69) is 25.9 Å². The molecular weight excluding hydrogens is 318 g/mol. The monoisotopic (exact) mass is 333 g/mol. The number of hydrogen-bond acceptors (Lipinski definition) is 4. The molecule has 1 rings (SSSR count). The van der Waals surface area contributed by atoms with Gasteiger partial charge in [-0.2, -0.15) is 0 Å². The van der Waals surface area contributed by atoms with E-state index < -0.39 is 9.84 Å². The molecule has 1 aromatic rings. The maximum atomic E-state index is 11.5. The molecule has 1 aromatic heterocycles. The van der Waals surface area contributed by atoms with Gasteiger partial charge in [0, 0.05) is 19.8 Å². The number of halogens is 1. The van der Waals surface area contributed by atoms with Crippen LogP contribution in [-0.4, -0.2) is 44.5 Å². The molecule has 0 aromatic carbocycles. The first-order valence-electron chi connectivity index (χ1n) is 5.37. The third-order valence-electron chi connectivity index (χ3n) is 2.35. The predicted octanol–water partition coefficient (Wildman–Crippen LogP) is 2.17. The molecule has 0 saturated carbocycles. The first-order valence-corrected chi connectivity index (χ1v) is 8.05. The molecule has 0 aliphatic carbocycles. The summed E-state index contributed by atoms with van der Waals surface area (Å²) in [6.45, 7) is 4.60. The maximum absolute atomic E-state index is 11.5. The van der Waals surface area contributed by atoms with Crippen LogP contribution in [0.2, 0.25) is 0 Å². The van der Waals surface area contributed by atoms with Crippen molar-refractivity contribution in [2.24, 2.45) is 4.99 Å². The Morgan fingerprint density at radius 3 is 2.67 bits per heavy atom. The predicted molar refractivity (Wildman–Crippen MR) is 76.2 cm³/mol. The van der Waals surface area contributed by atoms with Gasteiger partial charge >= 0.3 is 0 Å². The molecule has 0 saturated heterocycles. The number of hydrogen-bond donors (Lipinski definition) is 0. The van der Waals surface area contributed by atoms with Crippen LogP contribution in [0.3, 0.4) is 0 Å². The smallest absolute Gasteiger partial charge is 0.193 e. The van der Waals surface area contributed by atoms with Crippen molar-refractivity contribution in [2.75, 3.05) is 19.8 Å². The van der Waals surface area contributed by atoms with Crippen LogP contribution in [0.4, 0.5) is 5.69 Å². The summed E-state index contributed by atoms with van der Waals surface area (Å²) < 4.78 is 23.4. The number of nitrogens with zero attached hydrogens (tertiary/aromatic N) is 3. The van der Waals surface area contributed by atoms with Crippen LogP contribution in [0.25, 0.3) is 0 Å². The highest BCUT2D eigenvalue weighted by atomic mass is 79.9. The fourth-order valence-corrected chi connectivity index (χ4v) is 3.09. The quantitative estimate of drug-likeness (QED) is 0.625. The summed E-state index contributed by atoms with van der Waals surface area (Å²) in [6.07, 6.45) is 2.82. The zero-order valence-electron chi connectivity index (χ0n) is 10.8. The summed E-state index contributed by atoms with van der Waals surface area (Å²) >= 11 is 3.21. The number of rotatable bonds is 4. The maximum Gasteiger partial charge on any atom is 0.193 e. The van der Waals surface area contributed by atoms with Crippen molar-refractivity contribution >= 4 is 37.8 Å². The number of aryl methyl sites for hydroxylation is 1. The van der Waals surface area contributed by atoms with E-state index in [0.717, 1.165) is 12.8 Å². The Bertz CT molecular complexity index is 570. The van der Waals surface area contributed by atoms with Crippen LogP contribution in [0.1, 0.15) is 12.6 Å². The minimum atomic E-state index is -3.33. The van der Waals surface area contributed by atoms with E-state index in [1.54, 1.807) is 19.3 Å². The molecule has 0 aliphatic rings. The van der Waals surface area contributed by atoms with Gasteiger partial charge in [-0.15, -0.1) is 0 Å². The highest BCUT2D eigenvalue weighted by Gasteiger charge is 2.15. The van der Waals surface area contributed by atoms with E-state index in [4.69, 9.17) is 0 Å². The normalized spacial score (nSPS) is 12.1. The number of pyridine rings is 1. The van der Waals surface area contributed by atoms with E-state index in [0.29, 0.717) is 15.9 Å². The minimum absolute atomic E-state index is 0.0443. The van der Waals surface area contributed by atoms with E-state index in [1.807, 2.05) is 18.9 Å². The summed E-state index contributed by atoms with van der Waals surface area (Å²) in [5.74, 6) is 0. The van der Waals surface area contributed by atoms with Crippen molar-refractivity contribution < 1.29 is 8.42 Å². The Kier molecular flexibility index (Phi) is 4.86. The summed E-state index contributed by atoms with van der Waals surface area (Å²) in [5, 5.41) is 0.0443. The molecule has 0 atom stereocenters. The highest BCUT2D eigenvalue weighted by Crippen LogP contribution is 2.27. The average Bonchev–Trinajstić information content (AvgIpc) is 2.27. The Balaban J connectivity index is 3.20. The minimum Gasteiger partial charge on any atom is -0.366 e. The van der Waals surface area contributed by atoms with E-state index >= 15 is 0 Å². The third-order valence-corrected chi connectivity index (χ3v) is 4.23. The Morgan fingerprint density at radius 1 is 1.56 bits per heavy atom. The van der Waals surface area contributed by atoms with E-state index in [1.165, 1.54) is 0 Å². The summed E-state index contributed by atoms with van der Waals surface area (Å²) in [7, 11) is -1.42. The van der Waals surface area contributed by atoms with Gasteiger partial charge in [0.15, 0.2) is 14.9 Å². The van der Waals surface area contributed by atoms with Gasteiger partial charge in [-0.1, -0.05) is 0 Å². The SMILES string of the molecule is CCN(C)/C=N/c1cc(Br)c(S(C)(=O)=O)nc1C. The van der Waals surface area contributed by atoms with Crippen LogP contribution in [0.15, 0.2) is 20.6 Å². The summed E-state index contributed by atoms with van der Waals surface area (Å²) in [6, 6.07) is 1.67. The van der Waals surface area contributed by atoms with Crippen LogP contribution in [0.5, 0.6) is 0 Å². The number of aromatic nitrogens is 1. The largest absolute Gasteiger partial charge is 0.366 e. The molecule has 0 bridgehead atoms. The second kappa shape index (κ2) is 5.79. The van der Waals surface area contributed by atoms with Crippen molar-refractivity contribution in [3.63, 3.8) is 0 Å². The molecule has 0 N–H and O–H groups in total. The third kappa shape index (κ3) is 3.78. The van der Waals surface area contributed by atoms with Crippen molar-refractivity contribution in [3.05, 3.63) is 16.2 Å². The second-order valence-corrected chi connectivity index (χ2v) is 6.76. The van der Waals surface area contributed by atoms with Gasteiger partial charge in [0.05, 0.1) is 22.2 Å². The van der Waals surface area contributed by atoms with Gasteiger partial charge in [-0.05, 0) is 35.8 Å². The Hall–Kier alpha value is -0.950. The molecule has 0 amide bonds. The van der Waals surface area contributed by atoms with Gasteiger partial charge in [-0.3, -0.25) is 0 Å². The zero-order valence-corrected chi connectivity index (χ0v) is 13.2. The summed E-state index contributed by atoms with van der Waals surface area (Å²) in [4.78, 5) is 10.3. The first kappa shape index (κ1) is 15.1. The van der Waals surface area contributed by atoms with E-state index in [-0.39, 0.29) is 5.03 Å². The molecule has 0 unspecified atom stereocenters. The molecule has 100 valence electrons. The molecule has 5 nitrogen and oxygen atoms in total. The second-order valence-electron chi connectivity index (χ2n) is 3.97. The van der Waals surface area contributed by atoms with Gasteiger partial charge in [0.1, 0.15) is 0 Å². The fraction of sp³-hybridized carbons (Fsp3) is 0.455. The van der Waals surface area contributed by atoms with Gasteiger partial charge in [0.2, 0.25) is 0 Å². The van der Waals surface area contributed by atoms with Crippen LogP contribution < -0.4 is 0 Å². The lowest BCUT2D eigenvalue weighted by Gasteiger charge is -2.09. The van der Waals surface area contributed by atoms with Gasteiger partial charge in [-0.25, -0.2) is 18.4 Å². The molecule has 0 spiro atoms. The average molecular weight is 334 g/mol. The molecular formula is C11H16BrN3O2S. The lowest BCUT2D eigenvalue weighted by atomic mass is 10.3. The molecule has 0 radical (unpaired) electrons. The lowest BCUT2D eigenvalue weighted by molar-refractivity contribution is 0.552. The van der Waals surface area contributed by atoms with E-state index in [9.17, 15) is 8.42 Å². The Morgan fingerprint density at radius 2 is 2.17 bits per heavy atom. The van der Waals surface area contributed by atoms with Gasteiger partial charge < -0.3 is 4.90 Å². The van der Waals surface area contributed by atoms with Crippen molar-refractivity contribution in [1.29, 1.82) is 0 Å². The topological polar surface area (TPSA) is 62.6 Å². The van der Waals surface area contributed by atoms with Crippen LogP contribution in [0, 0.1) is 6.92 Å². The molecule has 1 heterocycles. The van der Waals surface area contributed by atoms with Crippen LogP contribution >= 0.6 is 15.9 Å². The van der Waals surface area contributed by atoms with Crippen molar-refractivity contribution in [3.8, 4) is 0 Å². The van der Waals surface area contributed by atoms with Gasteiger partial charge in [0.25, 0.3) is 0 Å². The number of sulfone groups is 1. The molecule has 0 fully saturated rings. The fourth-order valence-electron chi connectivity index (χ4n) is 1.18. The molecule has 18 heavy (non-hydrogen) atoms. The Labute approximate surface area is 116 Å². The summed E-state index contributed by atoms with van der Waals surface area (Å²) in [5.41, 5.74) is 1.23.